The summed E-state index contributed by atoms with van der Waals surface area (Å²) < 4.78 is 0. The predicted molar refractivity (Wildman–Crippen MR) is 82.7 cm³/mol. The maximum absolute atomic E-state index is 11.7. The molecule has 0 bridgehead atoms. The van der Waals surface area contributed by atoms with Crippen LogP contribution in [0.2, 0.25) is 0 Å². The van der Waals surface area contributed by atoms with Gasteiger partial charge in [-0.3, -0.25) is 4.79 Å². The molecular weight excluding hydrogens is 250 g/mol. The number of hydrogen-bond acceptors (Lipinski definition) is 3. The van der Waals surface area contributed by atoms with E-state index in [-0.39, 0.29) is 5.91 Å². The van der Waals surface area contributed by atoms with Crippen molar-refractivity contribution < 1.29 is 4.79 Å². The zero-order chi connectivity index (χ0) is 14.4. The van der Waals surface area contributed by atoms with Crippen LogP contribution in [0.15, 0.2) is 0 Å². The first-order valence-corrected chi connectivity index (χ1v) is 8.36. The maximum Gasteiger partial charge on any atom is 0.221 e. The molecule has 0 aromatic rings. The molecule has 4 nitrogen and oxygen atoms in total. The highest BCUT2D eigenvalue weighted by atomic mass is 16.1. The van der Waals surface area contributed by atoms with Gasteiger partial charge in [-0.2, -0.15) is 0 Å². The SMILES string of the molecule is CC(C)CNCC1CCN(CCC(=O)NC2CC2)CC1. The number of carbonyl (C=O) groups excluding carboxylic acids is 1. The molecule has 2 N–H and O–H groups in total. The summed E-state index contributed by atoms with van der Waals surface area (Å²) in [5.74, 6) is 1.80. The van der Waals surface area contributed by atoms with Crippen LogP contribution in [-0.4, -0.2) is 49.6 Å². The predicted octanol–water partition coefficient (Wildman–Crippen LogP) is 1.61. The summed E-state index contributed by atoms with van der Waals surface area (Å²) in [6.07, 6.45) is 5.58. The fourth-order valence-electron chi connectivity index (χ4n) is 2.78. The molecule has 2 fully saturated rings. The third kappa shape index (κ3) is 6.23. The summed E-state index contributed by atoms with van der Waals surface area (Å²) in [7, 11) is 0. The first-order valence-electron chi connectivity index (χ1n) is 8.36. The largest absolute Gasteiger partial charge is 0.353 e. The highest BCUT2D eigenvalue weighted by Gasteiger charge is 2.24. The average molecular weight is 281 g/mol. The Morgan fingerprint density at radius 2 is 1.90 bits per heavy atom. The molecule has 1 saturated carbocycles. The van der Waals surface area contributed by atoms with Crippen LogP contribution in [-0.2, 0) is 4.79 Å². The van der Waals surface area contributed by atoms with Gasteiger partial charge in [0.1, 0.15) is 0 Å². The van der Waals surface area contributed by atoms with Gasteiger partial charge in [0, 0.05) is 19.0 Å². The Morgan fingerprint density at radius 3 is 2.50 bits per heavy atom. The summed E-state index contributed by atoms with van der Waals surface area (Å²) in [4.78, 5) is 14.1. The average Bonchev–Trinajstić information content (AvgIpc) is 3.21. The highest BCUT2D eigenvalue weighted by Crippen LogP contribution is 2.19. The quantitative estimate of drug-likeness (QED) is 0.710. The van der Waals surface area contributed by atoms with Crippen molar-refractivity contribution in [3.63, 3.8) is 0 Å². The van der Waals surface area contributed by atoms with Gasteiger partial charge in [-0.1, -0.05) is 13.8 Å². The van der Waals surface area contributed by atoms with Crippen molar-refractivity contribution in [2.24, 2.45) is 11.8 Å². The zero-order valence-corrected chi connectivity index (χ0v) is 13.2. The summed E-state index contributed by atoms with van der Waals surface area (Å²) >= 11 is 0. The highest BCUT2D eigenvalue weighted by molar-refractivity contribution is 5.76. The molecule has 4 heteroatoms. The molecule has 2 rings (SSSR count). The van der Waals surface area contributed by atoms with Crippen molar-refractivity contribution in [3.05, 3.63) is 0 Å². The lowest BCUT2D eigenvalue weighted by molar-refractivity contribution is -0.121. The molecule has 1 amide bonds. The van der Waals surface area contributed by atoms with Crippen molar-refractivity contribution in [2.75, 3.05) is 32.7 Å². The molecular formula is C16H31N3O. The molecule has 0 atom stereocenters. The summed E-state index contributed by atoms with van der Waals surface area (Å²) in [5, 5.41) is 6.63. The molecule has 1 saturated heterocycles. The third-order valence-electron chi connectivity index (χ3n) is 4.29. The fraction of sp³-hybridized carbons (Fsp3) is 0.938. The number of nitrogens with one attached hydrogen (secondary N) is 2. The maximum atomic E-state index is 11.7. The van der Waals surface area contributed by atoms with E-state index in [2.05, 4.69) is 29.4 Å². The molecule has 0 aromatic heterocycles. The van der Waals surface area contributed by atoms with E-state index in [1.54, 1.807) is 0 Å². The molecule has 1 heterocycles. The number of rotatable bonds is 8. The Bertz CT molecular complexity index is 294. The van der Waals surface area contributed by atoms with Gasteiger partial charge in [0.05, 0.1) is 0 Å². The van der Waals surface area contributed by atoms with Crippen LogP contribution in [0.4, 0.5) is 0 Å². The number of nitrogens with zero attached hydrogens (tertiary/aromatic N) is 1. The van der Waals surface area contributed by atoms with Crippen molar-refractivity contribution in [3.8, 4) is 0 Å². The van der Waals surface area contributed by atoms with E-state index in [1.807, 2.05) is 0 Å². The molecule has 0 spiro atoms. The normalized spacial score (nSPS) is 21.4. The van der Waals surface area contributed by atoms with Crippen LogP contribution < -0.4 is 10.6 Å². The number of carbonyl (C=O) groups is 1. The molecule has 20 heavy (non-hydrogen) atoms. The topological polar surface area (TPSA) is 44.4 Å². The van der Waals surface area contributed by atoms with Crippen molar-refractivity contribution in [1.29, 1.82) is 0 Å². The Kier molecular flexibility index (Phi) is 6.30. The summed E-state index contributed by atoms with van der Waals surface area (Å²) in [5.41, 5.74) is 0. The smallest absolute Gasteiger partial charge is 0.221 e. The molecule has 1 aliphatic heterocycles. The zero-order valence-electron chi connectivity index (χ0n) is 13.2. The van der Waals surface area contributed by atoms with Crippen molar-refractivity contribution in [1.82, 2.24) is 15.5 Å². The van der Waals surface area contributed by atoms with Crippen LogP contribution in [0.25, 0.3) is 0 Å². The molecule has 2 aliphatic rings. The van der Waals surface area contributed by atoms with E-state index in [1.165, 1.54) is 25.7 Å². The van der Waals surface area contributed by atoms with E-state index >= 15 is 0 Å². The van der Waals surface area contributed by atoms with E-state index in [0.29, 0.717) is 12.5 Å². The molecule has 116 valence electrons. The number of amides is 1. The number of likely N-dealkylation sites (tertiary alicyclic amines) is 1. The van der Waals surface area contributed by atoms with Gasteiger partial charge in [0.25, 0.3) is 0 Å². The van der Waals surface area contributed by atoms with Crippen molar-refractivity contribution >= 4 is 5.91 Å². The first kappa shape index (κ1) is 15.8. The van der Waals surface area contributed by atoms with E-state index in [0.717, 1.165) is 44.6 Å². The summed E-state index contributed by atoms with van der Waals surface area (Å²) in [6.45, 7) is 10.0. The first-order chi connectivity index (χ1) is 9.63. The number of piperidine rings is 1. The van der Waals surface area contributed by atoms with Crippen molar-refractivity contribution in [2.45, 2.75) is 52.0 Å². The van der Waals surface area contributed by atoms with Gasteiger partial charge < -0.3 is 15.5 Å². The van der Waals surface area contributed by atoms with Gasteiger partial charge >= 0.3 is 0 Å². The minimum Gasteiger partial charge on any atom is -0.353 e. The second-order valence-corrected chi connectivity index (χ2v) is 6.93. The Balaban J connectivity index is 1.51. The lowest BCUT2D eigenvalue weighted by Gasteiger charge is -2.32. The molecule has 1 aliphatic carbocycles. The Morgan fingerprint density at radius 1 is 1.20 bits per heavy atom. The minimum atomic E-state index is 0.244. The lowest BCUT2D eigenvalue weighted by Crippen LogP contribution is -2.39. The van der Waals surface area contributed by atoms with E-state index < -0.39 is 0 Å². The van der Waals surface area contributed by atoms with Gasteiger partial charge in [-0.05, 0) is 63.7 Å². The van der Waals surface area contributed by atoms with Gasteiger partial charge in [-0.25, -0.2) is 0 Å². The fourth-order valence-corrected chi connectivity index (χ4v) is 2.78. The molecule has 0 radical (unpaired) electrons. The number of hydrogen-bond donors (Lipinski definition) is 2. The lowest BCUT2D eigenvalue weighted by atomic mass is 9.96. The standard InChI is InChI=1S/C16H31N3O/c1-13(2)11-17-12-14-5-8-19(9-6-14)10-7-16(20)18-15-3-4-15/h13-15,17H,3-12H2,1-2H3,(H,18,20). The Hall–Kier alpha value is -0.610. The monoisotopic (exact) mass is 281 g/mol. The van der Waals surface area contributed by atoms with Gasteiger partial charge in [0.15, 0.2) is 0 Å². The second-order valence-electron chi connectivity index (χ2n) is 6.93. The Labute approximate surface area is 123 Å². The second kappa shape index (κ2) is 7.99. The summed E-state index contributed by atoms with van der Waals surface area (Å²) in [6, 6.07) is 0.500. The van der Waals surface area contributed by atoms with Crippen LogP contribution in [0, 0.1) is 11.8 Å². The molecule has 0 aromatic carbocycles. The minimum absolute atomic E-state index is 0.244. The van der Waals surface area contributed by atoms with Crippen LogP contribution >= 0.6 is 0 Å². The van der Waals surface area contributed by atoms with Crippen LogP contribution in [0.3, 0.4) is 0 Å². The van der Waals surface area contributed by atoms with E-state index in [9.17, 15) is 4.79 Å². The molecule has 0 unspecified atom stereocenters. The third-order valence-corrected chi connectivity index (χ3v) is 4.29. The van der Waals surface area contributed by atoms with Gasteiger partial charge in [0.2, 0.25) is 5.91 Å². The van der Waals surface area contributed by atoms with Gasteiger partial charge in [-0.15, -0.1) is 0 Å². The van der Waals surface area contributed by atoms with E-state index in [4.69, 9.17) is 0 Å². The van der Waals surface area contributed by atoms with Crippen LogP contribution in [0.1, 0.15) is 46.0 Å². The van der Waals surface area contributed by atoms with Crippen LogP contribution in [0.5, 0.6) is 0 Å².